The number of rotatable bonds is 7. The Kier molecular flexibility index (Phi) is 6.67. The Morgan fingerprint density at radius 1 is 0.966 bits per heavy atom. The molecule has 0 aromatic heterocycles. The third-order valence-corrected chi connectivity index (χ3v) is 4.07. The summed E-state index contributed by atoms with van der Waals surface area (Å²) >= 11 is 0. The summed E-state index contributed by atoms with van der Waals surface area (Å²) < 4.78 is 20.9. The predicted octanol–water partition coefficient (Wildman–Crippen LogP) is 2.21. The summed E-state index contributed by atoms with van der Waals surface area (Å²) in [6.45, 7) is 1.92. The molecule has 0 fully saturated rings. The zero-order valence-electron chi connectivity index (χ0n) is 16.0. The Labute approximate surface area is 167 Å². The van der Waals surface area contributed by atoms with Gasteiger partial charge in [-0.25, -0.2) is 4.79 Å². The van der Waals surface area contributed by atoms with Gasteiger partial charge >= 0.3 is 11.9 Å². The SMILES string of the molecule is CCOC(=O)CN(C(=O)COC(=O)c1ccc2c(c1)OCCO2)c1ccccc1. The van der Waals surface area contributed by atoms with Crippen LogP contribution in [0.3, 0.4) is 0 Å². The summed E-state index contributed by atoms with van der Waals surface area (Å²) in [5, 5.41) is 0. The van der Waals surface area contributed by atoms with Gasteiger partial charge in [-0.3, -0.25) is 14.5 Å². The van der Waals surface area contributed by atoms with Gasteiger partial charge in [0.15, 0.2) is 18.1 Å². The predicted molar refractivity (Wildman–Crippen MR) is 103 cm³/mol. The fourth-order valence-corrected chi connectivity index (χ4v) is 2.73. The first kappa shape index (κ1) is 20.2. The summed E-state index contributed by atoms with van der Waals surface area (Å²) in [4.78, 5) is 38.1. The van der Waals surface area contributed by atoms with Crippen LogP contribution in [0.1, 0.15) is 17.3 Å². The first-order valence-electron chi connectivity index (χ1n) is 9.16. The zero-order chi connectivity index (χ0) is 20.6. The molecule has 1 amide bonds. The van der Waals surface area contributed by atoms with Crippen molar-refractivity contribution in [3.8, 4) is 11.5 Å². The van der Waals surface area contributed by atoms with E-state index >= 15 is 0 Å². The number of carbonyl (C=O) groups is 3. The minimum absolute atomic E-state index is 0.203. The first-order valence-corrected chi connectivity index (χ1v) is 9.16. The van der Waals surface area contributed by atoms with Crippen molar-refractivity contribution in [2.45, 2.75) is 6.92 Å². The molecule has 29 heavy (non-hydrogen) atoms. The number of esters is 2. The fraction of sp³-hybridized carbons (Fsp3) is 0.286. The molecule has 1 aliphatic rings. The van der Waals surface area contributed by atoms with Crippen molar-refractivity contribution in [2.24, 2.45) is 0 Å². The Bertz CT molecular complexity index is 882. The summed E-state index contributed by atoms with van der Waals surface area (Å²) in [6.07, 6.45) is 0. The molecular weight excluding hydrogens is 378 g/mol. The molecule has 1 aliphatic heterocycles. The number of anilines is 1. The molecule has 0 unspecified atom stereocenters. The fourth-order valence-electron chi connectivity index (χ4n) is 2.73. The van der Waals surface area contributed by atoms with Crippen molar-refractivity contribution >= 4 is 23.5 Å². The second-order valence-corrected chi connectivity index (χ2v) is 6.06. The Morgan fingerprint density at radius 2 is 1.69 bits per heavy atom. The summed E-state index contributed by atoms with van der Waals surface area (Å²) in [5.74, 6) is -0.781. The number of hydrogen-bond acceptors (Lipinski definition) is 7. The molecular formula is C21H21NO7. The molecule has 2 aromatic rings. The second kappa shape index (κ2) is 9.59. The van der Waals surface area contributed by atoms with Crippen LogP contribution in [0.5, 0.6) is 11.5 Å². The van der Waals surface area contributed by atoms with Crippen LogP contribution < -0.4 is 14.4 Å². The van der Waals surface area contributed by atoms with Crippen LogP contribution in [-0.4, -0.2) is 50.8 Å². The van der Waals surface area contributed by atoms with Gasteiger partial charge in [-0.05, 0) is 37.3 Å². The molecule has 1 heterocycles. The Balaban J connectivity index is 1.66. The summed E-state index contributed by atoms with van der Waals surface area (Å²) in [6, 6.07) is 13.3. The van der Waals surface area contributed by atoms with Crippen LogP contribution in [0.25, 0.3) is 0 Å². The van der Waals surface area contributed by atoms with Crippen molar-refractivity contribution in [3.63, 3.8) is 0 Å². The van der Waals surface area contributed by atoms with Crippen molar-refractivity contribution in [1.82, 2.24) is 0 Å². The van der Waals surface area contributed by atoms with Gasteiger partial charge in [0.25, 0.3) is 5.91 Å². The van der Waals surface area contributed by atoms with E-state index in [0.717, 1.165) is 0 Å². The van der Waals surface area contributed by atoms with E-state index in [1.165, 1.54) is 17.0 Å². The number of para-hydroxylation sites is 1. The minimum atomic E-state index is -0.681. The molecule has 0 saturated carbocycles. The molecule has 8 heteroatoms. The number of benzene rings is 2. The molecule has 0 N–H and O–H groups in total. The molecule has 2 aromatic carbocycles. The van der Waals surface area contributed by atoms with E-state index in [4.69, 9.17) is 18.9 Å². The van der Waals surface area contributed by atoms with Crippen molar-refractivity contribution in [2.75, 3.05) is 37.9 Å². The standard InChI is InChI=1S/C21H21NO7/c1-2-26-20(24)13-22(16-6-4-3-5-7-16)19(23)14-29-21(25)15-8-9-17-18(12-15)28-11-10-27-17/h3-9,12H,2,10-11,13-14H2,1H3. The molecule has 152 valence electrons. The van der Waals surface area contributed by atoms with Gasteiger partial charge in [0.05, 0.1) is 12.2 Å². The summed E-state index contributed by atoms with van der Waals surface area (Å²) in [5.41, 5.74) is 0.736. The average Bonchev–Trinajstić information content (AvgIpc) is 2.76. The highest BCUT2D eigenvalue weighted by molar-refractivity contribution is 6.00. The van der Waals surface area contributed by atoms with Gasteiger partial charge in [0.2, 0.25) is 0 Å². The van der Waals surface area contributed by atoms with E-state index in [2.05, 4.69) is 0 Å². The minimum Gasteiger partial charge on any atom is -0.486 e. The normalized spacial score (nSPS) is 12.0. The lowest BCUT2D eigenvalue weighted by Gasteiger charge is -2.22. The van der Waals surface area contributed by atoms with E-state index in [1.807, 2.05) is 0 Å². The number of carbonyl (C=O) groups excluding carboxylic acids is 3. The largest absolute Gasteiger partial charge is 0.486 e. The van der Waals surface area contributed by atoms with E-state index in [1.54, 1.807) is 43.3 Å². The quantitative estimate of drug-likeness (QED) is 0.659. The lowest BCUT2D eigenvalue weighted by Crippen LogP contribution is -2.39. The van der Waals surface area contributed by atoms with E-state index in [-0.39, 0.29) is 18.7 Å². The molecule has 0 saturated heterocycles. The van der Waals surface area contributed by atoms with Gasteiger partial charge < -0.3 is 18.9 Å². The highest BCUT2D eigenvalue weighted by Crippen LogP contribution is 2.30. The van der Waals surface area contributed by atoms with Gasteiger partial charge in [-0.1, -0.05) is 18.2 Å². The number of amides is 1. The van der Waals surface area contributed by atoms with Crippen LogP contribution in [0.2, 0.25) is 0 Å². The van der Waals surface area contributed by atoms with Gasteiger partial charge in [-0.2, -0.15) is 0 Å². The number of hydrogen-bond donors (Lipinski definition) is 0. The molecule has 0 bridgehead atoms. The van der Waals surface area contributed by atoms with Gasteiger partial charge in [0.1, 0.15) is 19.8 Å². The third kappa shape index (κ3) is 5.25. The van der Waals surface area contributed by atoms with Crippen molar-refractivity contribution in [1.29, 1.82) is 0 Å². The van der Waals surface area contributed by atoms with E-state index in [0.29, 0.717) is 30.4 Å². The maximum absolute atomic E-state index is 12.6. The number of ether oxygens (including phenoxy) is 4. The number of nitrogens with zero attached hydrogens (tertiary/aromatic N) is 1. The maximum Gasteiger partial charge on any atom is 0.338 e. The monoisotopic (exact) mass is 399 g/mol. The molecule has 0 spiro atoms. The second-order valence-electron chi connectivity index (χ2n) is 6.06. The zero-order valence-corrected chi connectivity index (χ0v) is 16.0. The molecule has 0 atom stereocenters. The van der Waals surface area contributed by atoms with Crippen molar-refractivity contribution < 1.29 is 33.3 Å². The molecule has 8 nitrogen and oxygen atoms in total. The highest BCUT2D eigenvalue weighted by Gasteiger charge is 2.22. The van der Waals surface area contributed by atoms with Crippen LogP contribution in [0.4, 0.5) is 5.69 Å². The van der Waals surface area contributed by atoms with Crippen LogP contribution in [0, 0.1) is 0 Å². The lowest BCUT2D eigenvalue weighted by atomic mass is 10.2. The Morgan fingerprint density at radius 3 is 2.41 bits per heavy atom. The highest BCUT2D eigenvalue weighted by atomic mass is 16.6. The lowest BCUT2D eigenvalue weighted by molar-refractivity contribution is -0.142. The third-order valence-electron chi connectivity index (χ3n) is 4.07. The topological polar surface area (TPSA) is 91.4 Å². The maximum atomic E-state index is 12.6. The first-order chi connectivity index (χ1) is 14.1. The van der Waals surface area contributed by atoms with Crippen LogP contribution in [-0.2, 0) is 19.1 Å². The average molecular weight is 399 g/mol. The molecule has 3 rings (SSSR count). The van der Waals surface area contributed by atoms with E-state index in [9.17, 15) is 14.4 Å². The van der Waals surface area contributed by atoms with Crippen molar-refractivity contribution in [3.05, 3.63) is 54.1 Å². The van der Waals surface area contributed by atoms with Crippen LogP contribution >= 0.6 is 0 Å². The molecule has 0 radical (unpaired) electrons. The Hall–Kier alpha value is -3.55. The van der Waals surface area contributed by atoms with Gasteiger partial charge in [-0.15, -0.1) is 0 Å². The number of fused-ring (bicyclic) bond motifs is 1. The van der Waals surface area contributed by atoms with E-state index < -0.39 is 24.5 Å². The summed E-state index contributed by atoms with van der Waals surface area (Å²) in [7, 11) is 0. The van der Waals surface area contributed by atoms with Crippen LogP contribution in [0.15, 0.2) is 48.5 Å². The molecule has 0 aliphatic carbocycles. The smallest absolute Gasteiger partial charge is 0.338 e. The van der Waals surface area contributed by atoms with Gasteiger partial charge in [0, 0.05) is 5.69 Å².